The number of nitrogens with two attached hydrogens (primary N) is 1. The third-order valence-corrected chi connectivity index (χ3v) is 5.62. The van der Waals surface area contributed by atoms with Gasteiger partial charge in [0.2, 0.25) is 0 Å². The monoisotopic (exact) mass is 336 g/mol. The van der Waals surface area contributed by atoms with Gasteiger partial charge in [-0.15, -0.1) is 0 Å². The number of benzene rings is 2. The molecule has 1 fully saturated rings. The maximum Gasteiger partial charge on any atom is 0.0600 e. The number of nitrogens with zero attached hydrogens (tertiary/aromatic N) is 1. The molecule has 2 heteroatoms. The summed E-state index contributed by atoms with van der Waals surface area (Å²) in [6.45, 7) is 2.10. The highest BCUT2D eigenvalue weighted by Crippen LogP contribution is 2.27. The molecule has 2 nitrogen and oxygen atoms in total. The van der Waals surface area contributed by atoms with Crippen molar-refractivity contribution in [1.29, 1.82) is 0 Å². The van der Waals surface area contributed by atoms with Crippen LogP contribution in [0.4, 0.5) is 0 Å². The quantitative estimate of drug-likeness (QED) is 0.712. The van der Waals surface area contributed by atoms with E-state index < -0.39 is 0 Å². The van der Waals surface area contributed by atoms with Gasteiger partial charge in [-0.1, -0.05) is 79.9 Å². The molecule has 25 heavy (non-hydrogen) atoms. The van der Waals surface area contributed by atoms with E-state index in [4.69, 9.17) is 5.73 Å². The summed E-state index contributed by atoms with van der Waals surface area (Å²) in [7, 11) is 0. The van der Waals surface area contributed by atoms with Crippen LogP contribution in [0.3, 0.4) is 0 Å². The fourth-order valence-corrected chi connectivity index (χ4v) is 4.02. The smallest absolute Gasteiger partial charge is 0.0600 e. The Kier molecular flexibility index (Phi) is 7.08. The van der Waals surface area contributed by atoms with Gasteiger partial charge in [-0.2, -0.15) is 0 Å². The minimum Gasteiger partial charge on any atom is -0.315 e. The lowest BCUT2D eigenvalue weighted by atomic mass is 9.86. The van der Waals surface area contributed by atoms with Gasteiger partial charge in [0.25, 0.3) is 0 Å². The summed E-state index contributed by atoms with van der Waals surface area (Å²) in [5.41, 5.74) is 9.56. The summed E-state index contributed by atoms with van der Waals surface area (Å²) in [6.07, 6.45) is 9.05. The Morgan fingerprint density at radius 2 is 1.24 bits per heavy atom. The van der Waals surface area contributed by atoms with E-state index in [1.54, 1.807) is 0 Å². The molecule has 134 valence electrons. The predicted molar refractivity (Wildman–Crippen MR) is 106 cm³/mol. The lowest BCUT2D eigenvalue weighted by molar-refractivity contribution is 0.123. The van der Waals surface area contributed by atoms with Crippen LogP contribution in [-0.2, 0) is 12.8 Å². The van der Waals surface area contributed by atoms with Crippen LogP contribution < -0.4 is 5.73 Å². The lowest BCUT2D eigenvalue weighted by Crippen LogP contribution is -2.49. The van der Waals surface area contributed by atoms with Gasteiger partial charge in [0, 0.05) is 13.1 Å². The van der Waals surface area contributed by atoms with Crippen LogP contribution in [0.2, 0.25) is 0 Å². The summed E-state index contributed by atoms with van der Waals surface area (Å²) in [6, 6.07) is 21.6. The Hall–Kier alpha value is -1.64. The zero-order chi connectivity index (χ0) is 17.3. The maximum atomic E-state index is 6.75. The van der Waals surface area contributed by atoms with Gasteiger partial charge in [-0.25, -0.2) is 0 Å². The summed E-state index contributed by atoms with van der Waals surface area (Å²) in [4.78, 5) is 2.54. The van der Waals surface area contributed by atoms with E-state index in [1.807, 2.05) is 0 Å². The SMILES string of the molecule is NC(C1CCCCC1)N(CCc1ccccc1)CCc1ccccc1. The summed E-state index contributed by atoms with van der Waals surface area (Å²) in [5.74, 6) is 0.667. The average Bonchev–Trinajstić information content (AvgIpc) is 2.70. The summed E-state index contributed by atoms with van der Waals surface area (Å²) in [5, 5.41) is 0. The first kappa shape index (κ1) is 18.2. The zero-order valence-corrected chi connectivity index (χ0v) is 15.3. The second-order valence-electron chi connectivity index (χ2n) is 7.40. The Balaban J connectivity index is 1.61. The highest BCUT2D eigenvalue weighted by molar-refractivity contribution is 5.16. The van der Waals surface area contributed by atoms with Crippen molar-refractivity contribution in [2.45, 2.75) is 51.1 Å². The Bertz CT molecular complexity index is 547. The molecule has 0 aliphatic heterocycles. The van der Waals surface area contributed by atoms with Gasteiger partial charge < -0.3 is 5.73 Å². The fraction of sp³-hybridized carbons (Fsp3) is 0.478. The molecule has 0 saturated heterocycles. The molecule has 1 aliphatic rings. The third-order valence-electron chi connectivity index (χ3n) is 5.62. The molecule has 0 bridgehead atoms. The van der Waals surface area contributed by atoms with E-state index in [0.717, 1.165) is 25.9 Å². The molecule has 0 spiro atoms. The molecule has 2 N–H and O–H groups in total. The Labute approximate surface area is 153 Å². The Morgan fingerprint density at radius 1 is 0.760 bits per heavy atom. The van der Waals surface area contributed by atoms with Crippen molar-refractivity contribution >= 4 is 0 Å². The highest BCUT2D eigenvalue weighted by Gasteiger charge is 2.25. The van der Waals surface area contributed by atoms with Crippen molar-refractivity contribution in [2.24, 2.45) is 11.7 Å². The summed E-state index contributed by atoms with van der Waals surface area (Å²) < 4.78 is 0. The van der Waals surface area contributed by atoms with E-state index in [-0.39, 0.29) is 6.17 Å². The third kappa shape index (κ3) is 5.69. The fourth-order valence-electron chi connectivity index (χ4n) is 4.02. The van der Waals surface area contributed by atoms with Crippen LogP contribution in [0, 0.1) is 5.92 Å². The molecule has 0 radical (unpaired) electrons. The largest absolute Gasteiger partial charge is 0.315 e. The molecule has 1 aliphatic carbocycles. The molecule has 3 rings (SSSR count). The van der Waals surface area contributed by atoms with Gasteiger partial charge in [-0.05, 0) is 42.7 Å². The van der Waals surface area contributed by atoms with Crippen molar-refractivity contribution in [1.82, 2.24) is 4.90 Å². The molecular formula is C23H32N2. The van der Waals surface area contributed by atoms with Crippen LogP contribution in [0.15, 0.2) is 60.7 Å². The number of hydrogen-bond acceptors (Lipinski definition) is 2. The Morgan fingerprint density at radius 3 is 1.72 bits per heavy atom. The minimum absolute atomic E-state index is 0.202. The standard InChI is InChI=1S/C23H32N2/c24-23(22-14-8-3-9-15-22)25(18-16-20-10-4-1-5-11-20)19-17-21-12-6-2-7-13-21/h1-2,4-7,10-13,22-23H,3,8-9,14-19,24H2. The van der Waals surface area contributed by atoms with Gasteiger partial charge in [-0.3, -0.25) is 4.90 Å². The first-order valence-electron chi connectivity index (χ1n) is 9.90. The molecule has 0 aromatic heterocycles. The van der Waals surface area contributed by atoms with Crippen LogP contribution in [0.5, 0.6) is 0 Å². The number of rotatable bonds is 8. The van der Waals surface area contributed by atoms with E-state index in [0.29, 0.717) is 5.92 Å². The molecule has 2 aromatic carbocycles. The predicted octanol–water partition coefficient (Wildman–Crippen LogP) is 4.64. The van der Waals surface area contributed by atoms with Crippen molar-refractivity contribution in [3.63, 3.8) is 0 Å². The van der Waals surface area contributed by atoms with Crippen LogP contribution in [0.1, 0.15) is 43.2 Å². The van der Waals surface area contributed by atoms with E-state index in [2.05, 4.69) is 65.6 Å². The summed E-state index contributed by atoms with van der Waals surface area (Å²) >= 11 is 0. The van der Waals surface area contributed by atoms with Crippen molar-refractivity contribution in [3.8, 4) is 0 Å². The van der Waals surface area contributed by atoms with Gasteiger partial charge in [0.05, 0.1) is 6.17 Å². The van der Waals surface area contributed by atoms with Gasteiger partial charge in [0.15, 0.2) is 0 Å². The lowest BCUT2D eigenvalue weighted by Gasteiger charge is -2.36. The first-order valence-corrected chi connectivity index (χ1v) is 9.90. The van der Waals surface area contributed by atoms with Crippen LogP contribution in [-0.4, -0.2) is 24.2 Å². The van der Waals surface area contributed by atoms with Crippen molar-refractivity contribution in [3.05, 3.63) is 71.8 Å². The van der Waals surface area contributed by atoms with Crippen LogP contribution >= 0.6 is 0 Å². The topological polar surface area (TPSA) is 29.3 Å². The zero-order valence-electron chi connectivity index (χ0n) is 15.3. The molecule has 1 unspecified atom stereocenters. The van der Waals surface area contributed by atoms with E-state index >= 15 is 0 Å². The van der Waals surface area contributed by atoms with Crippen molar-refractivity contribution < 1.29 is 0 Å². The second-order valence-corrected chi connectivity index (χ2v) is 7.40. The van der Waals surface area contributed by atoms with Crippen molar-refractivity contribution in [2.75, 3.05) is 13.1 Å². The van der Waals surface area contributed by atoms with Gasteiger partial charge in [0.1, 0.15) is 0 Å². The van der Waals surface area contributed by atoms with E-state index in [1.165, 1.54) is 43.2 Å². The first-order chi connectivity index (χ1) is 12.3. The van der Waals surface area contributed by atoms with Crippen LogP contribution in [0.25, 0.3) is 0 Å². The maximum absolute atomic E-state index is 6.75. The number of hydrogen-bond donors (Lipinski definition) is 1. The molecule has 0 heterocycles. The normalized spacial score (nSPS) is 16.9. The molecule has 1 saturated carbocycles. The molecule has 2 aromatic rings. The highest BCUT2D eigenvalue weighted by atomic mass is 15.2. The van der Waals surface area contributed by atoms with E-state index in [9.17, 15) is 0 Å². The molecule has 0 amide bonds. The average molecular weight is 337 g/mol. The minimum atomic E-state index is 0.202. The van der Waals surface area contributed by atoms with Gasteiger partial charge >= 0.3 is 0 Å². The molecular weight excluding hydrogens is 304 g/mol. The molecule has 1 atom stereocenters. The second kappa shape index (κ2) is 9.74.